The quantitative estimate of drug-likeness (QED) is 0.732. The zero-order valence-electron chi connectivity index (χ0n) is 12.0. The van der Waals surface area contributed by atoms with Gasteiger partial charge >= 0.3 is 0 Å². The molecule has 1 aromatic heterocycles. The van der Waals surface area contributed by atoms with E-state index in [4.69, 9.17) is 0 Å². The maximum Gasteiger partial charge on any atom is 0.183 e. The molecule has 0 saturated carbocycles. The summed E-state index contributed by atoms with van der Waals surface area (Å²) < 4.78 is 0. The van der Waals surface area contributed by atoms with Crippen LogP contribution < -0.4 is 5.32 Å². The fourth-order valence-corrected chi connectivity index (χ4v) is 3.26. The molecule has 0 bridgehead atoms. The minimum absolute atomic E-state index is 0.330. The van der Waals surface area contributed by atoms with Crippen LogP contribution in [0.4, 0.5) is 0 Å². The van der Waals surface area contributed by atoms with E-state index in [1.54, 1.807) is 18.1 Å². The third kappa shape index (κ3) is 4.08. The van der Waals surface area contributed by atoms with Crippen LogP contribution in [-0.4, -0.2) is 27.0 Å². The lowest BCUT2D eigenvalue weighted by Crippen LogP contribution is -2.30. The molecule has 0 aliphatic rings. The highest BCUT2D eigenvalue weighted by atomic mass is 32.2. The number of nitrogens with one attached hydrogen (secondary N) is 2. The van der Waals surface area contributed by atoms with Gasteiger partial charge in [0.2, 0.25) is 0 Å². The molecule has 0 spiro atoms. The Labute approximate surface area is 124 Å². The third-order valence-corrected chi connectivity index (χ3v) is 4.53. The fraction of sp³-hybridized carbons (Fsp3) is 0.467. The first-order valence-corrected chi connectivity index (χ1v) is 8.03. The average Bonchev–Trinajstić information content (AvgIpc) is 3.00. The molecule has 20 heavy (non-hydrogen) atoms. The van der Waals surface area contributed by atoms with Crippen LogP contribution in [0.3, 0.4) is 0 Å². The molecule has 2 N–H and O–H groups in total. The van der Waals surface area contributed by atoms with Gasteiger partial charge in [-0.2, -0.15) is 5.10 Å². The van der Waals surface area contributed by atoms with Crippen molar-refractivity contribution in [1.82, 2.24) is 20.5 Å². The lowest BCUT2D eigenvalue weighted by atomic mass is 10.0. The Bertz CT molecular complexity index is 472. The molecule has 0 aliphatic carbocycles. The van der Waals surface area contributed by atoms with Crippen molar-refractivity contribution >= 4 is 11.8 Å². The standard InChI is InChI=1S/C15H22N4S/c1-3-10-16-14(12-8-6-5-7-9-12)13(4-2)20-15-17-11-18-19-15/h5-9,11,13-14,16H,3-4,10H2,1-2H3,(H,17,18,19). The Morgan fingerprint density at radius 2 is 2.05 bits per heavy atom. The van der Waals surface area contributed by atoms with Gasteiger partial charge < -0.3 is 5.32 Å². The summed E-state index contributed by atoms with van der Waals surface area (Å²) in [6.45, 7) is 5.43. The predicted octanol–water partition coefficient (Wildman–Crippen LogP) is 3.42. The summed E-state index contributed by atoms with van der Waals surface area (Å²) >= 11 is 1.76. The van der Waals surface area contributed by atoms with E-state index in [0.29, 0.717) is 11.3 Å². The maximum atomic E-state index is 4.23. The first-order valence-electron chi connectivity index (χ1n) is 7.15. The summed E-state index contributed by atoms with van der Waals surface area (Å²) in [6.07, 6.45) is 3.76. The van der Waals surface area contributed by atoms with E-state index in [9.17, 15) is 0 Å². The lowest BCUT2D eigenvalue weighted by Gasteiger charge is -2.26. The van der Waals surface area contributed by atoms with Gasteiger partial charge in [-0.05, 0) is 24.9 Å². The number of nitrogens with zero attached hydrogens (tertiary/aromatic N) is 2. The summed E-state index contributed by atoms with van der Waals surface area (Å²) in [5, 5.41) is 11.8. The van der Waals surface area contributed by atoms with E-state index in [-0.39, 0.29) is 0 Å². The Balaban J connectivity index is 2.14. The van der Waals surface area contributed by atoms with E-state index in [0.717, 1.165) is 24.5 Å². The lowest BCUT2D eigenvalue weighted by molar-refractivity contribution is 0.504. The molecule has 0 fully saturated rings. The maximum absolute atomic E-state index is 4.23. The second kappa shape index (κ2) is 8.07. The van der Waals surface area contributed by atoms with Crippen LogP contribution in [0.15, 0.2) is 41.8 Å². The van der Waals surface area contributed by atoms with Gasteiger partial charge in [-0.3, -0.25) is 5.10 Å². The average molecular weight is 290 g/mol. The molecule has 0 amide bonds. The molecule has 1 heterocycles. The summed E-state index contributed by atoms with van der Waals surface area (Å²) in [4.78, 5) is 4.23. The molecule has 5 heteroatoms. The third-order valence-electron chi connectivity index (χ3n) is 3.20. The molecular formula is C15H22N4S. The fourth-order valence-electron chi connectivity index (χ4n) is 2.21. The molecule has 4 nitrogen and oxygen atoms in total. The van der Waals surface area contributed by atoms with Crippen molar-refractivity contribution in [2.45, 2.75) is 43.1 Å². The van der Waals surface area contributed by atoms with E-state index < -0.39 is 0 Å². The van der Waals surface area contributed by atoms with Crippen molar-refractivity contribution in [3.05, 3.63) is 42.2 Å². The summed E-state index contributed by atoms with van der Waals surface area (Å²) in [7, 11) is 0. The second-order valence-corrected chi connectivity index (χ2v) is 5.93. The van der Waals surface area contributed by atoms with Crippen LogP contribution in [0, 0.1) is 0 Å². The Hall–Kier alpha value is -1.33. The number of thioether (sulfide) groups is 1. The SMILES string of the molecule is CCCNC(c1ccccc1)C(CC)Sc1ncn[nH]1. The van der Waals surface area contributed by atoms with Crippen LogP contribution in [0.5, 0.6) is 0 Å². The number of H-pyrrole nitrogens is 1. The van der Waals surface area contributed by atoms with Gasteiger partial charge in [0, 0.05) is 11.3 Å². The van der Waals surface area contributed by atoms with Crippen molar-refractivity contribution in [3.63, 3.8) is 0 Å². The minimum atomic E-state index is 0.330. The number of rotatable bonds is 8. The van der Waals surface area contributed by atoms with E-state index in [1.807, 2.05) is 0 Å². The largest absolute Gasteiger partial charge is 0.309 e. The zero-order chi connectivity index (χ0) is 14.2. The van der Waals surface area contributed by atoms with Crippen molar-refractivity contribution < 1.29 is 0 Å². The van der Waals surface area contributed by atoms with Gasteiger partial charge in [0.1, 0.15) is 6.33 Å². The number of aromatic amines is 1. The molecule has 0 saturated heterocycles. The highest BCUT2D eigenvalue weighted by Gasteiger charge is 2.23. The van der Waals surface area contributed by atoms with E-state index in [1.165, 1.54) is 5.56 Å². The van der Waals surface area contributed by atoms with Crippen LogP contribution in [0.25, 0.3) is 0 Å². The normalized spacial score (nSPS) is 14.1. The van der Waals surface area contributed by atoms with Gasteiger partial charge in [0.25, 0.3) is 0 Å². The van der Waals surface area contributed by atoms with Crippen LogP contribution in [0.2, 0.25) is 0 Å². The highest BCUT2D eigenvalue weighted by molar-refractivity contribution is 7.99. The van der Waals surface area contributed by atoms with Crippen molar-refractivity contribution in [1.29, 1.82) is 0 Å². The monoisotopic (exact) mass is 290 g/mol. The Morgan fingerprint density at radius 1 is 1.25 bits per heavy atom. The number of benzene rings is 1. The van der Waals surface area contributed by atoms with Crippen molar-refractivity contribution in [3.8, 4) is 0 Å². The van der Waals surface area contributed by atoms with Crippen molar-refractivity contribution in [2.75, 3.05) is 6.54 Å². The summed E-state index contributed by atoms with van der Waals surface area (Å²) in [5.74, 6) is 0. The van der Waals surface area contributed by atoms with E-state index >= 15 is 0 Å². The molecule has 108 valence electrons. The predicted molar refractivity (Wildman–Crippen MR) is 83.8 cm³/mol. The minimum Gasteiger partial charge on any atom is -0.309 e. The van der Waals surface area contributed by atoms with Gasteiger partial charge in [-0.25, -0.2) is 4.98 Å². The smallest absolute Gasteiger partial charge is 0.183 e. The molecule has 0 radical (unpaired) electrons. The van der Waals surface area contributed by atoms with Crippen LogP contribution in [0.1, 0.15) is 38.3 Å². The first kappa shape index (κ1) is 15.1. The molecule has 2 unspecified atom stereocenters. The van der Waals surface area contributed by atoms with Crippen molar-refractivity contribution in [2.24, 2.45) is 0 Å². The number of aromatic nitrogens is 3. The summed E-state index contributed by atoms with van der Waals surface area (Å²) in [5.41, 5.74) is 1.33. The summed E-state index contributed by atoms with van der Waals surface area (Å²) in [6, 6.07) is 11.0. The Kier molecular flexibility index (Phi) is 6.08. The van der Waals surface area contributed by atoms with Crippen LogP contribution >= 0.6 is 11.8 Å². The van der Waals surface area contributed by atoms with Gasteiger partial charge in [-0.1, -0.05) is 55.9 Å². The molecule has 2 rings (SSSR count). The van der Waals surface area contributed by atoms with E-state index in [2.05, 4.69) is 64.7 Å². The molecule has 2 atom stereocenters. The van der Waals surface area contributed by atoms with Gasteiger partial charge in [0.15, 0.2) is 5.16 Å². The van der Waals surface area contributed by atoms with Gasteiger partial charge in [0.05, 0.1) is 0 Å². The zero-order valence-corrected chi connectivity index (χ0v) is 12.9. The number of hydrogen-bond acceptors (Lipinski definition) is 4. The molecular weight excluding hydrogens is 268 g/mol. The number of hydrogen-bond donors (Lipinski definition) is 2. The first-order chi connectivity index (χ1) is 9.85. The van der Waals surface area contributed by atoms with Gasteiger partial charge in [-0.15, -0.1) is 0 Å². The van der Waals surface area contributed by atoms with Crippen LogP contribution in [-0.2, 0) is 0 Å². The molecule has 1 aromatic carbocycles. The second-order valence-electron chi connectivity index (χ2n) is 4.70. The highest BCUT2D eigenvalue weighted by Crippen LogP contribution is 2.32. The molecule has 2 aromatic rings. The molecule has 0 aliphatic heterocycles. The topological polar surface area (TPSA) is 53.6 Å². The Morgan fingerprint density at radius 3 is 2.65 bits per heavy atom.